The molecule has 1 heterocycles. The van der Waals surface area contributed by atoms with Gasteiger partial charge in [-0.25, -0.2) is 0 Å². The zero-order valence-corrected chi connectivity index (χ0v) is 15.7. The molecule has 0 aliphatic heterocycles. The summed E-state index contributed by atoms with van der Waals surface area (Å²) in [6.07, 6.45) is 8.08. The lowest BCUT2D eigenvalue weighted by Gasteiger charge is -2.22. The minimum absolute atomic E-state index is 0. The maximum atomic E-state index is 5.88. The molecule has 5 nitrogen and oxygen atoms in total. The molecule has 1 aliphatic carbocycles. The van der Waals surface area contributed by atoms with Crippen LogP contribution in [-0.4, -0.2) is 48.6 Å². The van der Waals surface area contributed by atoms with E-state index in [1.54, 1.807) is 0 Å². The van der Waals surface area contributed by atoms with Crippen LogP contribution >= 0.6 is 24.0 Å². The van der Waals surface area contributed by atoms with Gasteiger partial charge in [0.15, 0.2) is 5.96 Å². The van der Waals surface area contributed by atoms with Crippen molar-refractivity contribution in [3.63, 3.8) is 0 Å². The van der Waals surface area contributed by atoms with E-state index in [2.05, 4.69) is 27.2 Å². The van der Waals surface area contributed by atoms with Gasteiger partial charge in [0.25, 0.3) is 0 Å². The van der Waals surface area contributed by atoms with Crippen LogP contribution in [0, 0.1) is 0 Å². The minimum Gasteiger partial charge on any atom is -0.370 e. The monoisotopic (exact) mass is 417 g/mol. The van der Waals surface area contributed by atoms with E-state index < -0.39 is 0 Å². The van der Waals surface area contributed by atoms with Gasteiger partial charge in [0.2, 0.25) is 0 Å². The van der Waals surface area contributed by atoms with Gasteiger partial charge in [0.05, 0.1) is 6.54 Å². The fourth-order valence-corrected chi connectivity index (χ4v) is 2.78. The Labute approximate surface area is 150 Å². The maximum absolute atomic E-state index is 5.88. The molecule has 0 amide bonds. The predicted octanol–water partition coefficient (Wildman–Crippen LogP) is 2.02. The Bertz CT molecular complexity index is 431. The van der Waals surface area contributed by atoms with Crippen LogP contribution in [0.2, 0.25) is 0 Å². The molecule has 0 spiro atoms. The van der Waals surface area contributed by atoms with Gasteiger partial charge in [-0.3, -0.25) is 9.98 Å². The molecule has 1 aromatic rings. The van der Waals surface area contributed by atoms with Crippen molar-refractivity contribution in [2.75, 3.05) is 26.7 Å². The molecule has 2 rings (SSSR count). The van der Waals surface area contributed by atoms with E-state index in [-0.39, 0.29) is 24.0 Å². The third kappa shape index (κ3) is 6.91. The van der Waals surface area contributed by atoms with Crippen molar-refractivity contribution in [2.24, 2.45) is 10.7 Å². The Hall–Kier alpha value is -0.890. The van der Waals surface area contributed by atoms with Crippen LogP contribution in [-0.2, 0) is 6.42 Å². The molecule has 1 fully saturated rings. The molecule has 0 bridgehead atoms. The normalized spacial score (nSPS) is 15.8. The molecule has 124 valence electrons. The van der Waals surface area contributed by atoms with Crippen LogP contribution in [0.25, 0.3) is 0 Å². The number of likely N-dealkylation sites (N-methyl/N-ethyl adjacent to an activating group) is 1. The maximum Gasteiger partial charge on any atom is 0.188 e. The molecule has 1 aromatic heterocycles. The summed E-state index contributed by atoms with van der Waals surface area (Å²) in [4.78, 5) is 11.1. The minimum atomic E-state index is 0. The fraction of sp³-hybridized carbons (Fsp3) is 0.625. The van der Waals surface area contributed by atoms with Gasteiger partial charge in [-0.15, -0.1) is 24.0 Å². The number of aromatic nitrogens is 1. The van der Waals surface area contributed by atoms with E-state index in [4.69, 9.17) is 5.73 Å². The second-order valence-electron chi connectivity index (χ2n) is 5.68. The number of halogens is 1. The van der Waals surface area contributed by atoms with Crippen molar-refractivity contribution in [3.8, 4) is 0 Å². The average molecular weight is 417 g/mol. The first kappa shape index (κ1) is 19.2. The van der Waals surface area contributed by atoms with Crippen LogP contribution in [0.1, 0.15) is 31.4 Å². The molecule has 3 N–H and O–H groups in total. The Morgan fingerprint density at radius 1 is 1.41 bits per heavy atom. The van der Waals surface area contributed by atoms with Gasteiger partial charge in [0, 0.05) is 37.4 Å². The van der Waals surface area contributed by atoms with Crippen molar-refractivity contribution in [1.29, 1.82) is 0 Å². The van der Waals surface area contributed by atoms with Crippen LogP contribution in [0.5, 0.6) is 0 Å². The van der Waals surface area contributed by atoms with Gasteiger partial charge in [-0.2, -0.15) is 0 Å². The molecule has 0 atom stereocenters. The number of nitrogens with two attached hydrogens (primary N) is 1. The van der Waals surface area contributed by atoms with Crippen molar-refractivity contribution < 1.29 is 0 Å². The van der Waals surface area contributed by atoms with Crippen LogP contribution in [0.15, 0.2) is 29.4 Å². The highest BCUT2D eigenvalue weighted by atomic mass is 127. The van der Waals surface area contributed by atoms with Gasteiger partial charge in [-0.1, -0.05) is 18.9 Å². The summed E-state index contributed by atoms with van der Waals surface area (Å²) in [6, 6.07) is 6.69. The van der Waals surface area contributed by atoms with E-state index in [0.717, 1.165) is 37.8 Å². The van der Waals surface area contributed by atoms with Crippen molar-refractivity contribution in [3.05, 3.63) is 30.1 Å². The van der Waals surface area contributed by atoms with Crippen molar-refractivity contribution in [2.45, 2.75) is 38.1 Å². The first-order valence-electron chi connectivity index (χ1n) is 7.89. The highest BCUT2D eigenvalue weighted by Crippen LogP contribution is 2.21. The second-order valence-corrected chi connectivity index (χ2v) is 5.68. The Kier molecular flexibility index (Phi) is 9.38. The first-order valence-corrected chi connectivity index (χ1v) is 7.89. The number of aliphatic imine (C=N–C) groups is 1. The summed E-state index contributed by atoms with van der Waals surface area (Å²) in [5, 5.41) is 3.14. The molecular weight excluding hydrogens is 389 g/mol. The van der Waals surface area contributed by atoms with Crippen LogP contribution < -0.4 is 11.1 Å². The average Bonchev–Trinajstić information content (AvgIpc) is 3.02. The highest BCUT2D eigenvalue weighted by molar-refractivity contribution is 14.0. The second kappa shape index (κ2) is 10.8. The van der Waals surface area contributed by atoms with Gasteiger partial charge in [-0.05, 0) is 32.0 Å². The van der Waals surface area contributed by atoms with Gasteiger partial charge in [0.1, 0.15) is 0 Å². The van der Waals surface area contributed by atoms with E-state index in [1.165, 1.54) is 25.7 Å². The number of hydrogen-bond acceptors (Lipinski definition) is 3. The molecule has 0 radical (unpaired) electrons. The van der Waals surface area contributed by atoms with E-state index >= 15 is 0 Å². The first-order chi connectivity index (χ1) is 10.3. The molecule has 1 saturated carbocycles. The number of guanidine groups is 1. The fourth-order valence-electron chi connectivity index (χ4n) is 2.78. The Balaban J connectivity index is 0.00000242. The van der Waals surface area contributed by atoms with Gasteiger partial charge < -0.3 is 16.0 Å². The molecule has 0 aromatic carbocycles. The lowest BCUT2D eigenvalue weighted by Crippen LogP contribution is -2.35. The SMILES string of the molecule is CN(CCN=C(N)NCCc1ccccn1)C1CCCC1.I. The zero-order valence-electron chi connectivity index (χ0n) is 13.4. The van der Waals surface area contributed by atoms with Crippen LogP contribution in [0.4, 0.5) is 0 Å². The number of rotatable bonds is 7. The van der Waals surface area contributed by atoms with E-state index in [9.17, 15) is 0 Å². The third-order valence-electron chi connectivity index (χ3n) is 4.10. The molecule has 0 unspecified atom stereocenters. The smallest absolute Gasteiger partial charge is 0.188 e. The molecule has 0 saturated heterocycles. The summed E-state index contributed by atoms with van der Waals surface area (Å²) >= 11 is 0. The number of nitrogens with zero attached hydrogens (tertiary/aromatic N) is 3. The van der Waals surface area contributed by atoms with Crippen LogP contribution in [0.3, 0.4) is 0 Å². The summed E-state index contributed by atoms with van der Waals surface area (Å²) in [7, 11) is 2.19. The summed E-state index contributed by atoms with van der Waals surface area (Å²) in [6.45, 7) is 2.51. The van der Waals surface area contributed by atoms with E-state index in [1.807, 2.05) is 24.4 Å². The highest BCUT2D eigenvalue weighted by Gasteiger charge is 2.18. The molecule has 22 heavy (non-hydrogen) atoms. The topological polar surface area (TPSA) is 66.5 Å². The van der Waals surface area contributed by atoms with Crippen molar-refractivity contribution in [1.82, 2.24) is 15.2 Å². The molecule has 6 heteroatoms. The number of hydrogen-bond donors (Lipinski definition) is 2. The lowest BCUT2D eigenvalue weighted by atomic mass is 10.2. The van der Waals surface area contributed by atoms with E-state index in [0.29, 0.717) is 5.96 Å². The summed E-state index contributed by atoms with van der Waals surface area (Å²) in [5.41, 5.74) is 6.95. The zero-order chi connectivity index (χ0) is 14.9. The molecule has 1 aliphatic rings. The van der Waals surface area contributed by atoms with Crippen molar-refractivity contribution >= 4 is 29.9 Å². The largest absolute Gasteiger partial charge is 0.370 e. The standard InChI is InChI=1S/C16H27N5.HI/c1-21(15-7-2-3-8-15)13-12-20-16(17)19-11-9-14-6-4-5-10-18-14;/h4-6,10,15H,2-3,7-9,11-13H2,1H3,(H3,17,19,20);1H. The van der Waals surface area contributed by atoms with Gasteiger partial charge >= 0.3 is 0 Å². The third-order valence-corrected chi connectivity index (χ3v) is 4.10. The summed E-state index contributed by atoms with van der Waals surface area (Å²) < 4.78 is 0. The lowest BCUT2D eigenvalue weighted by molar-refractivity contribution is 0.252. The predicted molar refractivity (Wildman–Crippen MR) is 103 cm³/mol. The molecular formula is C16H28IN5. The quantitative estimate of drug-likeness (QED) is 0.405. The number of nitrogens with one attached hydrogen (secondary N) is 1. The summed E-state index contributed by atoms with van der Waals surface area (Å²) in [5.74, 6) is 0.533. The Morgan fingerprint density at radius 2 is 2.18 bits per heavy atom. The number of pyridine rings is 1. The Morgan fingerprint density at radius 3 is 2.86 bits per heavy atom.